The lowest BCUT2D eigenvalue weighted by Crippen LogP contribution is -2.45. The first-order chi connectivity index (χ1) is 15.8. The van der Waals surface area contributed by atoms with Crippen LogP contribution >= 0.6 is 22.9 Å². The number of hydrogen-bond acceptors (Lipinski definition) is 4. The van der Waals surface area contributed by atoms with Crippen molar-refractivity contribution in [3.63, 3.8) is 0 Å². The van der Waals surface area contributed by atoms with E-state index in [1.807, 2.05) is 30.9 Å². The van der Waals surface area contributed by atoms with Crippen LogP contribution < -0.4 is 5.32 Å². The van der Waals surface area contributed by atoms with E-state index in [1.54, 1.807) is 29.5 Å². The monoisotopic (exact) mass is 479 g/mol. The van der Waals surface area contributed by atoms with Gasteiger partial charge in [0.2, 0.25) is 0 Å². The summed E-state index contributed by atoms with van der Waals surface area (Å²) in [6.45, 7) is 6.26. The summed E-state index contributed by atoms with van der Waals surface area (Å²) in [4.78, 5) is 34.1. The number of carbonyl (C=O) groups excluding carboxylic acids is 2. The van der Waals surface area contributed by atoms with Crippen molar-refractivity contribution in [2.45, 2.75) is 45.7 Å². The Kier molecular flexibility index (Phi) is 5.75. The number of aryl methyl sites for hydroxylation is 2. The Labute approximate surface area is 202 Å². The number of piperidine rings is 1. The first kappa shape index (κ1) is 22.1. The summed E-state index contributed by atoms with van der Waals surface area (Å²) in [7, 11) is 0. The third-order valence-electron chi connectivity index (χ3n) is 6.67. The van der Waals surface area contributed by atoms with Crippen molar-refractivity contribution in [2.24, 2.45) is 5.92 Å². The molecular weight excluding hydrogens is 454 g/mol. The number of thiazole rings is 1. The number of halogens is 1. The van der Waals surface area contributed by atoms with Gasteiger partial charge in [-0.3, -0.25) is 9.59 Å². The first-order valence-corrected chi connectivity index (χ1v) is 12.4. The SMILES string of the molecule is Cc1cccc(-c2sc(C)nc2C(=O)N2[C@H](CNC(=O)c3cccc(Cl)c3C)C[C@@H]3C[C@@H]32)c1. The summed E-state index contributed by atoms with van der Waals surface area (Å²) in [5.41, 5.74) is 4.03. The van der Waals surface area contributed by atoms with Crippen molar-refractivity contribution in [1.82, 2.24) is 15.2 Å². The molecule has 1 aromatic heterocycles. The van der Waals surface area contributed by atoms with Gasteiger partial charge in [-0.25, -0.2) is 4.98 Å². The van der Waals surface area contributed by atoms with Gasteiger partial charge in [0.1, 0.15) is 5.69 Å². The van der Waals surface area contributed by atoms with Crippen LogP contribution in [0.15, 0.2) is 42.5 Å². The number of likely N-dealkylation sites (tertiary alicyclic amines) is 1. The van der Waals surface area contributed by atoms with Crippen LogP contribution in [0.2, 0.25) is 5.02 Å². The van der Waals surface area contributed by atoms with E-state index in [2.05, 4.69) is 29.4 Å². The molecular formula is C26H26ClN3O2S. The minimum absolute atomic E-state index is 0.0287. The fourth-order valence-corrected chi connectivity index (χ4v) is 5.97. The van der Waals surface area contributed by atoms with E-state index in [9.17, 15) is 9.59 Å². The van der Waals surface area contributed by atoms with Gasteiger partial charge in [0.15, 0.2) is 0 Å². The van der Waals surface area contributed by atoms with Crippen LogP contribution in [0.3, 0.4) is 0 Å². The summed E-state index contributed by atoms with van der Waals surface area (Å²) >= 11 is 7.74. The highest BCUT2D eigenvalue weighted by Gasteiger charge is 2.54. The number of benzene rings is 2. The highest BCUT2D eigenvalue weighted by atomic mass is 35.5. The molecule has 2 fully saturated rings. The van der Waals surface area contributed by atoms with E-state index in [1.165, 1.54) is 0 Å². The van der Waals surface area contributed by atoms with Crippen LogP contribution in [0.4, 0.5) is 0 Å². The van der Waals surface area contributed by atoms with Crippen molar-refractivity contribution in [2.75, 3.05) is 6.54 Å². The highest BCUT2D eigenvalue weighted by molar-refractivity contribution is 7.15. The van der Waals surface area contributed by atoms with Crippen molar-refractivity contribution in [1.29, 1.82) is 0 Å². The Morgan fingerprint density at radius 1 is 1.15 bits per heavy atom. The molecule has 1 aliphatic heterocycles. The molecule has 5 nitrogen and oxygen atoms in total. The zero-order valence-electron chi connectivity index (χ0n) is 18.9. The van der Waals surface area contributed by atoms with Crippen LogP contribution in [0, 0.1) is 26.7 Å². The molecule has 0 spiro atoms. The summed E-state index contributed by atoms with van der Waals surface area (Å²) in [5, 5.41) is 4.49. The maximum absolute atomic E-state index is 13.7. The molecule has 170 valence electrons. The molecule has 5 rings (SSSR count). The lowest BCUT2D eigenvalue weighted by atomic mass is 10.1. The quantitative estimate of drug-likeness (QED) is 0.531. The van der Waals surface area contributed by atoms with Crippen LogP contribution in [0.1, 0.15) is 49.8 Å². The molecule has 1 aliphatic carbocycles. The number of rotatable bonds is 5. The lowest BCUT2D eigenvalue weighted by Gasteiger charge is -2.28. The number of aromatic nitrogens is 1. The number of nitrogens with zero attached hydrogens (tertiary/aromatic N) is 2. The minimum atomic E-state index is -0.159. The van der Waals surface area contributed by atoms with Gasteiger partial charge in [0, 0.05) is 23.2 Å². The fraction of sp³-hybridized carbons (Fsp3) is 0.346. The molecule has 2 aromatic carbocycles. The minimum Gasteiger partial charge on any atom is -0.350 e. The number of amides is 2. The van der Waals surface area contributed by atoms with Gasteiger partial charge in [0.05, 0.1) is 15.9 Å². The van der Waals surface area contributed by atoms with Gasteiger partial charge in [0.25, 0.3) is 11.8 Å². The number of nitrogens with one attached hydrogen (secondary N) is 1. The molecule has 1 saturated heterocycles. The summed E-state index contributed by atoms with van der Waals surface area (Å²) in [5.74, 6) is 0.331. The molecule has 2 amide bonds. The van der Waals surface area contributed by atoms with Crippen LogP contribution in [-0.4, -0.2) is 40.3 Å². The Morgan fingerprint density at radius 2 is 1.94 bits per heavy atom. The summed E-state index contributed by atoms with van der Waals surface area (Å²) < 4.78 is 0. The maximum Gasteiger partial charge on any atom is 0.274 e. The number of fused-ring (bicyclic) bond motifs is 1. The van der Waals surface area contributed by atoms with Gasteiger partial charge < -0.3 is 10.2 Å². The van der Waals surface area contributed by atoms with Gasteiger partial charge in [-0.2, -0.15) is 0 Å². The van der Waals surface area contributed by atoms with E-state index in [0.717, 1.165) is 39.4 Å². The maximum atomic E-state index is 13.7. The van der Waals surface area contributed by atoms with E-state index >= 15 is 0 Å². The average molecular weight is 480 g/mol. The van der Waals surface area contributed by atoms with Crippen LogP contribution in [-0.2, 0) is 0 Å². The van der Waals surface area contributed by atoms with Gasteiger partial charge in [-0.05, 0) is 62.8 Å². The molecule has 0 radical (unpaired) electrons. The van der Waals surface area contributed by atoms with E-state index in [-0.39, 0.29) is 23.9 Å². The topological polar surface area (TPSA) is 62.3 Å². The molecule has 33 heavy (non-hydrogen) atoms. The third-order valence-corrected chi connectivity index (χ3v) is 8.10. The van der Waals surface area contributed by atoms with Gasteiger partial charge in [-0.1, -0.05) is 47.5 Å². The Balaban J connectivity index is 1.36. The zero-order chi connectivity index (χ0) is 23.3. The predicted octanol–water partition coefficient (Wildman–Crippen LogP) is 5.42. The smallest absolute Gasteiger partial charge is 0.274 e. The average Bonchev–Trinajstić information content (AvgIpc) is 3.27. The highest BCUT2D eigenvalue weighted by Crippen LogP contribution is 2.48. The molecule has 3 atom stereocenters. The van der Waals surface area contributed by atoms with Crippen LogP contribution in [0.25, 0.3) is 10.4 Å². The molecule has 0 bridgehead atoms. The third kappa shape index (κ3) is 4.18. The second kappa shape index (κ2) is 8.58. The van der Waals surface area contributed by atoms with Crippen molar-refractivity contribution in [3.05, 3.63) is 74.9 Å². The molecule has 1 saturated carbocycles. The second-order valence-electron chi connectivity index (χ2n) is 9.07. The van der Waals surface area contributed by atoms with Crippen LogP contribution in [0.5, 0.6) is 0 Å². The van der Waals surface area contributed by atoms with Crippen molar-refractivity contribution >= 4 is 34.8 Å². The Hall–Kier alpha value is -2.70. The molecule has 7 heteroatoms. The fourth-order valence-electron chi connectivity index (χ4n) is 4.89. The molecule has 0 unspecified atom stereocenters. The molecule has 2 heterocycles. The second-order valence-corrected chi connectivity index (χ2v) is 10.7. The molecule has 2 aliphatic rings. The standard InChI is InChI=1S/C26H26ClN3O2S/c1-14-6-4-7-17(10-14)24-23(29-16(3)33-24)26(32)30-19(11-18-12-22(18)30)13-28-25(31)20-8-5-9-21(27)15(20)2/h4-10,18-19,22H,11-13H2,1-3H3,(H,28,31)/t18-,19+,22+/m1/s1. The van der Waals surface area contributed by atoms with E-state index < -0.39 is 0 Å². The summed E-state index contributed by atoms with van der Waals surface area (Å²) in [6.07, 6.45) is 1.95. The predicted molar refractivity (Wildman–Crippen MR) is 132 cm³/mol. The normalized spacial score (nSPS) is 21.1. The first-order valence-electron chi connectivity index (χ1n) is 11.2. The lowest BCUT2D eigenvalue weighted by molar-refractivity contribution is 0.0684. The molecule has 3 aromatic rings. The van der Waals surface area contributed by atoms with E-state index in [4.69, 9.17) is 11.6 Å². The van der Waals surface area contributed by atoms with Gasteiger partial charge >= 0.3 is 0 Å². The largest absolute Gasteiger partial charge is 0.350 e. The zero-order valence-corrected chi connectivity index (χ0v) is 20.5. The summed E-state index contributed by atoms with van der Waals surface area (Å²) in [6, 6.07) is 13.7. The Bertz CT molecular complexity index is 1250. The number of hydrogen-bond donors (Lipinski definition) is 1. The van der Waals surface area contributed by atoms with E-state index in [0.29, 0.717) is 28.7 Å². The molecule has 1 N–H and O–H groups in total. The van der Waals surface area contributed by atoms with Gasteiger partial charge in [-0.15, -0.1) is 11.3 Å². The Morgan fingerprint density at radius 3 is 2.73 bits per heavy atom. The van der Waals surface area contributed by atoms with Crippen molar-refractivity contribution < 1.29 is 9.59 Å². The van der Waals surface area contributed by atoms with Crippen molar-refractivity contribution in [3.8, 4) is 10.4 Å². The number of carbonyl (C=O) groups is 2.